The van der Waals surface area contributed by atoms with Gasteiger partial charge < -0.3 is 5.32 Å². The summed E-state index contributed by atoms with van der Waals surface area (Å²) in [7, 11) is 0. The number of anilines is 1. The summed E-state index contributed by atoms with van der Waals surface area (Å²) in [6.07, 6.45) is 1.65. The molecule has 1 heterocycles. The molecule has 1 N–H and O–H groups in total. The fourth-order valence-corrected chi connectivity index (χ4v) is 3.35. The third-order valence-corrected chi connectivity index (χ3v) is 4.85. The van der Waals surface area contributed by atoms with Crippen molar-refractivity contribution in [1.82, 2.24) is 9.78 Å². The van der Waals surface area contributed by atoms with Crippen molar-refractivity contribution in [3.8, 4) is 0 Å². The minimum absolute atomic E-state index is 0.166. The average molecular weight is 342 g/mol. The Bertz CT molecular complexity index is 564. The van der Waals surface area contributed by atoms with Gasteiger partial charge in [0.15, 0.2) is 0 Å². The van der Waals surface area contributed by atoms with Gasteiger partial charge in [0.25, 0.3) is 5.56 Å². The molecule has 4 nitrogen and oxygen atoms in total. The number of rotatable bonds is 4. The fraction of sp³-hybridized carbons (Fsp3) is 0.667. The Morgan fingerprint density at radius 3 is 2.81 bits per heavy atom. The lowest BCUT2D eigenvalue weighted by Crippen LogP contribution is -2.31. The molecule has 1 fully saturated rings. The van der Waals surface area contributed by atoms with Crippen molar-refractivity contribution in [3.05, 3.63) is 21.6 Å². The van der Waals surface area contributed by atoms with Crippen molar-refractivity contribution in [1.29, 1.82) is 0 Å². The first-order chi connectivity index (χ1) is 9.80. The van der Waals surface area contributed by atoms with E-state index in [1.54, 1.807) is 11.8 Å². The van der Waals surface area contributed by atoms with E-state index >= 15 is 0 Å². The Morgan fingerprint density at radius 2 is 2.24 bits per heavy atom. The summed E-state index contributed by atoms with van der Waals surface area (Å²) in [6, 6.07) is 0.166. The number of nitrogens with zero attached hydrogens (tertiary/aromatic N) is 2. The normalized spacial score (nSPS) is 22.5. The van der Waals surface area contributed by atoms with Crippen molar-refractivity contribution in [3.63, 3.8) is 0 Å². The van der Waals surface area contributed by atoms with Crippen LogP contribution in [0.25, 0.3) is 0 Å². The van der Waals surface area contributed by atoms with E-state index in [9.17, 15) is 18.0 Å². The summed E-state index contributed by atoms with van der Waals surface area (Å²) in [6.45, 7) is -1.44. The minimum atomic E-state index is -4.51. The molecule has 9 heteroatoms. The predicted octanol–water partition coefficient (Wildman–Crippen LogP) is 3.16. The number of halogens is 4. The lowest BCUT2D eigenvalue weighted by molar-refractivity contribution is -0.143. The summed E-state index contributed by atoms with van der Waals surface area (Å²) < 4.78 is 37.2. The molecule has 118 valence electrons. The third-order valence-electron chi connectivity index (χ3n) is 3.39. The summed E-state index contributed by atoms with van der Waals surface area (Å²) in [5, 5.41) is 6.95. The first-order valence-electron chi connectivity index (χ1n) is 6.42. The third kappa shape index (κ3) is 4.29. The second kappa shape index (κ2) is 6.48. The maximum Gasteiger partial charge on any atom is 0.408 e. The van der Waals surface area contributed by atoms with Gasteiger partial charge in [0.05, 0.1) is 11.9 Å². The molecular weight excluding hydrogens is 327 g/mol. The standard InChI is InChI=1S/C12H15ClF3N3OS/c1-21-8-3-2-7(4-8)18-9-5-17-19(6-12(14,15)16)11(20)10(9)13/h5,7-8,18H,2-4,6H2,1H3. The quantitative estimate of drug-likeness (QED) is 0.914. The number of thioether (sulfide) groups is 1. The van der Waals surface area contributed by atoms with E-state index in [-0.39, 0.29) is 11.1 Å². The van der Waals surface area contributed by atoms with E-state index < -0.39 is 18.3 Å². The molecule has 2 atom stereocenters. The summed E-state index contributed by atoms with van der Waals surface area (Å²) in [5.74, 6) is 0. The van der Waals surface area contributed by atoms with E-state index in [1.165, 1.54) is 6.20 Å². The fourth-order valence-electron chi connectivity index (χ4n) is 2.35. The molecule has 2 unspecified atom stereocenters. The van der Waals surface area contributed by atoms with Crippen molar-refractivity contribution in [2.45, 2.75) is 43.3 Å². The van der Waals surface area contributed by atoms with Gasteiger partial charge in [0.1, 0.15) is 11.6 Å². The van der Waals surface area contributed by atoms with Gasteiger partial charge in [-0.3, -0.25) is 4.79 Å². The molecule has 0 bridgehead atoms. The lowest BCUT2D eigenvalue weighted by atomic mass is 10.2. The van der Waals surface area contributed by atoms with Gasteiger partial charge in [-0.2, -0.15) is 30.0 Å². The monoisotopic (exact) mass is 341 g/mol. The number of alkyl halides is 3. The predicted molar refractivity (Wildman–Crippen MR) is 78.1 cm³/mol. The Hall–Kier alpha value is -0.890. The zero-order chi connectivity index (χ0) is 15.6. The number of hydrogen-bond acceptors (Lipinski definition) is 4. The van der Waals surface area contributed by atoms with E-state index in [0.717, 1.165) is 19.3 Å². The van der Waals surface area contributed by atoms with Gasteiger partial charge in [0, 0.05) is 11.3 Å². The van der Waals surface area contributed by atoms with E-state index in [0.29, 0.717) is 15.6 Å². The van der Waals surface area contributed by atoms with Gasteiger partial charge in [-0.25, -0.2) is 4.68 Å². The molecule has 2 rings (SSSR count). The lowest BCUT2D eigenvalue weighted by Gasteiger charge is -2.16. The second-order valence-electron chi connectivity index (χ2n) is 4.96. The zero-order valence-corrected chi connectivity index (χ0v) is 12.9. The van der Waals surface area contributed by atoms with Crippen LogP contribution in [0.5, 0.6) is 0 Å². The number of nitrogens with one attached hydrogen (secondary N) is 1. The Labute approximate surface area is 129 Å². The summed E-state index contributed by atoms with van der Waals surface area (Å²) in [4.78, 5) is 11.8. The highest BCUT2D eigenvalue weighted by Crippen LogP contribution is 2.31. The maximum atomic E-state index is 12.3. The molecule has 0 spiro atoms. The van der Waals surface area contributed by atoms with Crippen LogP contribution >= 0.6 is 23.4 Å². The molecule has 1 aliphatic carbocycles. The first kappa shape index (κ1) is 16.5. The smallest absolute Gasteiger partial charge is 0.380 e. The van der Waals surface area contributed by atoms with Crippen molar-refractivity contribution >= 4 is 29.1 Å². The average Bonchev–Trinajstić information content (AvgIpc) is 2.85. The van der Waals surface area contributed by atoms with Crippen LogP contribution in [0.4, 0.5) is 18.9 Å². The number of aromatic nitrogens is 2. The molecular formula is C12H15ClF3N3OS. The van der Waals surface area contributed by atoms with Crippen LogP contribution in [0, 0.1) is 0 Å². The largest absolute Gasteiger partial charge is 0.408 e. The summed E-state index contributed by atoms with van der Waals surface area (Å²) in [5.41, 5.74) is -0.634. The highest BCUT2D eigenvalue weighted by molar-refractivity contribution is 7.99. The van der Waals surface area contributed by atoms with Crippen molar-refractivity contribution in [2.75, 3.05) is 11.6 Å². The van der Waals surface area contributed by atoms with Crippen LogP contribution in [0.15, 0.2) is 11.0 Å². The highest BCUT2D eigenvalue weighted by atomic mass is 35.5. The molecule has 1 aromatic rings. The molecule has 0 aliphatic heterocycles. The van der Waals surface area contributed by atoms with Gasteiger partial charge in [0.2, 0.25) is 0 Å². The highest BCUT2D eigenvalue weighted by Gasteiger charge is 2.30. The van der Waals surface area contributed by atoms with E-state index in [1.807, 2.05) is 6.26 Å². The van der Waals surface area contributed by atoms with Crippen molar-refractivity contribution in [2.24, 2.45) is 0 Å². The first-order valence-corrected chi connectivity index (χ1v) is 8.08. The van der Waals surface area contributed by atoms with Gasteiger partial charge in [-0.15, -0.1) is 0 Å². The molecule has 1 aromatic heterocycles. The van der Waals surface area contributed by atoms with Gasteiger partial charge in [-0.05, 0) is 25.5 Å². The second-order valence-corrected chi connectivity index (χ2v) is 6.48. The van der Waals surface area contributed by atoms with Crippen LogP contribution in [0.1, 0.15) is 19.3 Å². The van der Waals surface area contributed by atoms with Gasteiger partial charge in [-0.1, -0.05) is 11.6 Å². The maximum absolute atomic E-state index is 12.3. The van der Waals surface area contributed by atoms with Crippen LogP contribution < -0.4 is 10.9 Å². The Kier molecular flexibility index (Phi) is 5.08. The van der Waals surface area contributed by atoms with Crippen LogP contribution in [0.3, 0.4) is 0 Å². The van der Waals surface area contributed by atoms with Gasteiger partial charge >= 0.3 is 6.18 Å². The summed E-state index contributed by atoms with van der Waals surface area (Å²) >= 11 is 7.65. The molecule has 1 aliphatic rings. The van der Waals surface area contributed by atoms with E-state index in [4.69, 9.17) is 11.6 Å². The van der Waals surface area contributed by atoms with E-state index in [2.05, 4.69) is 10.4 Å². The molecule has 0 radical (unpaired) electrons. The van der Waals surface area contributed by atoms with Crippen LogP contribution in [-0.2, 0) is 6.54 Å². The topological polar surface area (TPSA) is 46.9 Å². The van der Waals surface area contributed by atoms with Crippen LogP contribution in [-0.4, -0.2) is 33.5 Å². The number of hydrogen-bond donors (Lipinski definition) is 1. The molecule has 1 saturated carbocycles. The molecule has 21 heavy (non-hydrogen) atoms. The molecule has 0 saturated heterocycles. The Balaban J connectivity index is 2.12. The van der Waals surface area contributed by atoms with Crippen molar-refractivity contribution < 1.29 is 13.2 Å². The Morgan fingerprint density at radius 1 is 1.52 bits per heavy atom. The zero-order valence-electron chi connectivity index (χ0n) is 11.3. The van der Waals surface area contributed by atoms with Crippen LogP contribution in [0.2, 0.25) is 5.02 Å². The minimum Gasteiger partial charge on any atom is -0.380 e. The molecule has 0 aromatic carbocycles. The molecule has 0 amide bonds. The SMILES string of the molecule is CSC1CCC(Nc2cnn(CC(F)(F)F)c(=O)c2Cl)C1.